The molecule has 0 unspecified atom stereocenters. The SMILES string of the molecule is CSc1ncc2c(n1)Nc1cccc(n1)[C@@](C)(O)CC/C=C\CNC2=O. The summed E-state index contributed by atoms with van der Waals surface area (Å²) in [5, 5.41) is 17.2. The van der Waals surface area contributed by atoms with Crippen LogP contribution in [0.3, 0.4) is 0 Å². The average molecular weight is 371 g/mol. The van der Waals surface area contributed by atoms with E-state index in [9.17, 15) is 9.90 Å². The minimum Gasteiger partial charge on any atom is -0.384 e. The second-order valence-corrected chi connectivity index (χ2v) is 6.92. The Kier molecular flexibility index (Phi) is 5.53. The zero-order valence-electron chi connectivity index (χ0n) is 14.7. The molecule has 1 atom stereocenters. The third-order valence-electron chi connectivity index (χ3n) is 4.09. The Labute approximate surface area is 156 Å². The highest BCUT2D eigenvalue weighted by molar-refractivity contribution is 7.98. The van der Waals surface area contributed by atoms with E-state index < -0.39 is 5.60 Å². The van der Waals surface area contributed by atoms with Gasteiger partial charge in [0.15, 0.2) is 5.16 Å². The van der Waals surface area contributed by atoms with Crippen molar-refractivity contribution in [3.63, 3.8) is 0 Å². The zero-order chi connectivity index (χ0) is 18.6. The number of carbonyl (C=O) groups is 1. The van der Waals surface area contributed by atoms with Crippen molar-refractivity contribution in [2.45, 2.75) is 30.5 Å². The van der Waals surface area contributed by atoms with Crippen molar-refractivity contribution in [2.75, 3.05) is 18.1 Å². The normalized spacial score (nSPS) is 21.7. The molecule has 3 N–H and O–H groups in total. The number of carbonyl (C=O) groups excluding carboxylic acids is 1. The number of anilines is 2. The van der Waals surface area contributed by atoms with Crippen molar-refractivity contribution >= 4 is 29.3 Å². The van der Waals surface area contributed by atoms with E-state index in [1.165, 1.54) is 18.0 Å². The van der Waals surface area contributed by atoms with Crippen molar-refractivity contribution in [1.29, 1.82) is 0 Å². The van der Waals surface area contributed by atoms with E-state index in [2.05, 4.69) is 25.6 Å². The van der Waals surface area contributed by atoms with E-state index in [1.807, 2.05) is 24.5 Å². The third-order valence-corrected chi connectivity index (χ3v) is 4.65. The Morgan fingerprint density at radius 1 is 1.27 bits per heavy atom. The predicted molar refractivity (Wildman–Crippen MR) is 102 cm³/mol. The van der Waals surface area contributed by atoms with Gasteiger partial charge in [-0.1, -0.05) is 30.0 Å². The molecule has 1 aliphatic heterocycles. The van der Waals surface area contributed by atoms with Crippen molar-refractivity contribution in [1.82, 2.24) is 20.3 Å². The molecule has 2 aromatic rings. The fraction of sp³-hybridized carbons (Fsp3) is 0.333. The Balaban J connectivity index is 2.05. The molecule has 136 valence electrons. The van der Waals surface area contributed by atoms with Crippen LogP contribution in [-0.4, -0.2) is 38.8 Å². The van der Waals surface area contributed by atoms with E-state index in [1.54, 1.807) is 19.1 Å². The van der Waals surface area contributed by atoms with E-state index >= 15 is 0 Å². The first kappa shape index (κ1) is 18.3. The van der Waals surface area contributed by atoms with Gasteiger partial charge in [0.2, 0.25) is 0 Å². The van der Waals surface area contributed by atoms with Crippen LogP contribution in [0.15, 0.2) is 41.7 Å². The second-order valence-electron chi connectivity index (χ2n) is 6.15. The van der Waals surface area contributed by atoms with Gasteiger partial charge in [0.25, 0.3) is 5.91 Å². The molecule has 0 saturated heterocycles. The van der Waals surface area contributed by atoms with Gasteiger partial charge in [-0.05, 0) is 38.2 Å². The molecule has 0 aromatic carbocycles. The largest absolute Gasteiger partial charge is 0.384 e. The van der Waals surface area contributed by atoms with Gasteiger partial charge in [-0.2, -0.15) is 0 Å². The summed E-state index contributed by atoms with van der Waals surface area (Å²) >= 11 is 1.39. The number of fused-ring (bicyclic) bond motifs is 3. The summed E-state index contributed by atoms with van der Waals surface area (Å²) in [6.07, 6.45) is 8.39. The molecule has 7 nitrogen and oxygen atoms in total. The molecule has 2 aromatic heterocycles. The Hall–Kier alpha value is -2.45. The first-order valence-electron chi connectivity index (χ1n) is 8.31. The first-order valence-corrected chi connectivity index (χ1v) is 9.53. The number of rotatable bonds is 1. The summed E-state index contributed by atoms with van der Waals surface area (Å²) in [5.74, 6) is 0.632. The lowest BCUT2D eigenvalue weighted by Gasteiger charge is -2.23. The van der Waals surface area contributed by atoms with Crippen LogP contribution in [0.4, 0.5) is 11.6 Å². The molecule has 26 heavy (non-hydrogen) atoms. The van der Waals surface area contributed by atoms with E-state index in [0.29, 0.717) is 47.4 Å². The quantitative estimate of drug-likeness (QED) is 0.402. The standard InChI is InChI=1S/C18H21N5O2S/c1-18(25)9-4-3-5-10-19-16(24)12-11-20-17(26-2)23-15(12)22-14-8-6-7-13(18)21-14/h3,5-8,11,25H,4,9-10H2,1-2H3,(H,19,24)(H,20,21,22,23)/b5-3-/t18-/m0/s1. The smallest absolute Gasteiger partial charge is 0.256 e. The van der Waals surface area contributed by atoms with Gasteiger partial charge in [0.05, 0.1) is 5.69 Å². The summed E-state index contributed by atoms with van der Waals surface area (Å²) in [6, 6.07) is 5.38. The highest BCUT2D eigenvalue weighted by Gasteiger charge is 2.24. The topological polar surface area (TPSA) is 100 Å². The van der Waals surface area contributed by atoms with Crippen LogP contribution in [0.1, 0.15) is 35.8 Å². The Morgan fingerprint density at radius 2 is 2.12 bits per heavy atom. The van der Waals surface area contributed by atoms with E-state index in [-0.39, 0.29) is 5.91 Å². The molecule has 2 bridgehead atoms. The molecular formula is C18H21N5O2S. The monoisotopic (exact) mass is 371 g/mol. The number of amides is 1. The van der Waals surface area contributed by atoms with Gasteiger partial charge in [0.1, 0.15) is 22.8 Å². The highest BCUT2D eigenvalue weighted by atomic mass is 32.2. The zero-order valence-corrected chi connectivity index (χ0v) is 15.5. The number of thioether (sulfide) groups is 1. The summed E-state index contributed by atoms with van der Waals surface area (Å²) in [5.41, 5.74) is -0.140. The van der Waals surface area contributed by atoms with Gasteiger partial charge in [-0.25, -0.2) is 15.0 Å². The van der Waals surface area contributed by atoms with Crippen molar-refractivity contribution in [2.24, 2.45) is 0 Å². The number of pyridine rings is 1. The maximum Gasteiger partial charge on any atom is 0.256 e. The molecule has 0 aliphatic carbocycles. The lowest BCUT2D eigenvalue weighted by molar-refractivity contribution is 0.0444. The first-order chi connectivity index (χ1) is 12.5. The molecule has 0 saturated carbocycles. The van der Waals surface area contributed by atoms with Gasteiger partial charge in [-0.15, -0.1) is 0 Å². The summed E-state index contributed by atoms with van der Waals surface area (Å²) in [6.45, 7) is 2.15. The Bertz CT molecular complexity index is 838. The molecule has 8 heteroatoms. The van der Waals surface area contributed by atoms with Crippen molar-refractivity contribution < 1.29 is 9.90 Å². The predicted octanol–water partition coefficient (Wildman–Crippen LogP) is 2.62. The number of aliphatic hydroxyl groups is 1. The van der Waals surface area contributed by atoms with Crippen LogP contribution in [0, 0.1) is 0 Å². The minimum atomic E-state index is -1.05. The molecular weight excluding hydrogens is 350 g/mol. The van der Waals surface area contributed by atoms with Gasteiger partial charge >= 0.3 is 0 Å². The van der Waals surface area contributed by atoms with Gasteiger partial charge in [-0.3, -0.25) is 4.79 Å². The lowest BCUT2D eigenvalue weighted by atomic mass is 9.95. The summed E-state index contributed by atoms with van der Waals surface area (Å²) in [7, 11) is 0. The average Bonchev–Trinajstić information content (AvgIpc) is 2.64. The maximum atomic E-state index is 12.5. The lowest BCUT2D eigenvalue weighted by Crippen LogP contribution is -2.26. The van der Waals surface area contributed by atoms with Crippen molar-refractivity contribution in [3.05, 3.63) is 47.8 Å². The van der Waals surface area contributed by atoms with Crippen LogP contribution in [-0.2, 0) is 5.60 Å². The number of aromatic nitrogens is 3. The van der Waals surface area contributed by atoms with Gasteiger partial charge < -0.3 is 15.7 Å². The molecule has 3 rings (SSSR count). The molecule has 3 heterocycles. The van der Waals surface area contributed by atoms with Gasteiger partial charge in [0, 0.05) is 12.7 Å². The molecule has 0 fully saturated rings. The number of hydrogen-bond donors (Lipinski definition) is 3. The van der Waals surface area contributed by atoms with Crippen LogP contribution < -0.4 is 10.6 Å². The minimum absolute atomic E-state index is 0.259. The fourth-order valence-corrected chi connectivity index (χ4v) is 2.93. The summed E-state index contributed by atoms with van der Waals surface area (Å²) < 4.78 is 0. The summed E-state index contributed by atoms with van der Waals surface area (Å²) in [4.78, 5) is 25.6. The molecule has 1 aliphatic rings. The maximum absolute atomic E-state index is 12.5. The number of hydrogen-bond acceptors (Lipinski definition) is 7. The number of nitrogens with one attached hydrogen (secondary N) is 2. The number of allylic oxidation sites excluding steroid dienone is 1. The van der Waals surface area contributed by atoms with Crippen LogP contribution in [0.25, 0.3) is 0 Å². The van der Waals surface area contributed by atoms with Crippen molar-refractivity contribution in [3.8, 4) is 0 Å². The third kappa shape index (κ3) is 4.20. The van der Waals surface area contributed by atoms with Crippen LogP contribution in [0.5, 0.6) is 0 Å². The fourth-order valence-electron chi connectivity index (χ4n) is 2.59. The van der Waals surface area contributed by atoms with E-state index in [0.717, 1.165) is 0 Å². The highest BCUT2D eigenvalue weighted by Crippen LogP contribution is 2.27. The Morgan fingerprint density at radius 3 is 2.92 bits per heavy atom. The van der Waals surface area contributed by atoms with Crippen LogP contribution >= 0.6 is 11.8 Å². The molecule has 0 radical (unpaired) electrons. The number of nitrogens with zero attached hydrogens (tertiary/aromatic N) is 3. The molecule has 0 spiro atoms. The van der Waals surface area contributed by atoms with Crippen LogP contribution in [0.2, 0.25) is 0 Å². The second kappa shape index (κ2) is 7.84. The molecule has 1 amide bonds. The van der Waals surface area contributed by atoms with E-state index in [4.69, 9.17) is 0 Å².